The van der Waals surface area contributed by atoms with Gasteiger partial charge in [0.25, 0.3) is 0 Å². The highest BCUT2D eigenvalue weighted by Gasteiger charge is 2.34. The molecular formula is C10H11BrN2O2. The third kappa shape index (κ3) is 1.67. The smallest absolute Gasteiger partial charge is 0.248 e. The molecule has 1 aliphatic heterocycles. The van der Waals surface area contributed by atoms with Crippen molar-refractivity contribution in [3.8, 4) is 0 Å². The van der Waals surface area contributed by atoms with Gasteiger partial charge in [0.2, 0.25) is 5.91 Å². The summed E-state index contributed by atoms with van der Waals surface area (Å²) in [6, 6.07) is 4.92. The van der Waals surface area contributed by atoms with Gasteiger partial charge in [0.1, 0.15) is 6.04 Å². The first-order valence-electron chi connectivity index (χ1n) is 4.62. The van der Waals surface area contributed by atoms with E-state index < -0.39 is 6.04 Å². The van der Waals surface area contributed by atoms with E-state index in [2.05, 4.69) is 15.9 Å². The van der Waals surface area contributed by atoms with Crippen LogP contribution in [-0.2, 0) is 4.79 Å². The Bertz CT molecular complexity index is 408. The number of fused-ring (bicyclic) bond motifs is 1. The molecule has 0 radical (unpaired) electrons. The van der Waals surface area contributed by atoms with Crippen LogP contribution in [0.4, 0.5) is 5.69 Å². The van der Waals surface area contributed by atoms with Crippen molar-refractivity contribution in [2.45, 2.75) is 6.04 Å². The highest BCUT2D eigenvalue weighted by molar-refractivity contribution is 9.10. The molecule has 1 aromatic rings. The molecule has 1 atom stereocenters. The Kier molecular flexibility index (Phi) is 2.77. The van der Waals surface area contributed by atoms with Gasteiger partial charge in [-0.15, -0.1) is 0 Å². The number of amides is 1. The van der Waals surface area contributed by atoms with E-state index in [0.717, 1.165) is 15.7 Å². The lowest BCUT2D eigenvalue weighted by atomic mass is 10.1. The van der Waals surface area contributed by atoms with E-state index in [0.29, 0.717) is 6.54 Å². The maximum Gasteiger partial charge on any atom is 0.248 e. The van der Waals surface area contributed by atoms with Crippen LogP contribution >= 0.6 is 15.9 Å². The van der Waals surface area contributed by atoms with Crippen molar-refractivity contribution in [2.75, 3.05) is 18.1 Å². The number of hydrogen-bond donors (Lipinski definition) is 2. The van der Waals surface area contributed by atoms with Crippen molar-refractivity contribution in [2.24, 2.45) is 5.73 Å². The van der Waals surface area contributed by atoms with Crippen LogP contribution in [-0.4, -0.2) is 24.2 Å². The molecule has 1 heterocycles. The molecule has 1 aromatic carbocycles. The molecule has 80 valence electrons. The van der Waals surface area contributed by atoms with Crippen molar-refractivity contribution >= 4 is 27.5 Å². The first-order chi connectivity index (χ1) is 7.15. The summed E-state index contributed by atoms with van der Waals surface area (Å²) in [6.07, 6.45) is 0. The molecule has 5 heteroatoms. The zero-order valence-electron chi connectivity index (χ0n) is 7.98. The van der Waals surface area contributed by atoms with Gasteiger partial charge in [0.15, 0.2) is 0 Å². The number of carbonyl (C=O) groups excluding carboxylic acids is 1. The molecule has 0 aliphatic carbocycles. The first-order valence-corrected chi connectivity index (χ1v) is 5.41. The van der Waals surface area contributed by atoms with E-state index in [-0.39, 0.29) is 12.5 Å². The van der Waals surface area contributed by atoms with E-state index in [4.69, 9.17) is 10.8 Å². The summed E-state index contributed by atoms with van der Waals surface area (Å²) in [5.41, 5.74) is 7.39. The van der Waals surface area contributed by atoms with E-state index in [1.807, 2.05) is 18.2 Å². The summed E-state index contributed by atoms with van der Waals surface area (Å²) in [4.78, 5) is 13.3. The number of carbonyl (C=O) groups is 1. The molecule has 15 heavy (non-hydrogen) atoms. The Morgan fingerprint density at radius 3 is 2.93 bits per heavy atom. The monoisotopic (exact) mass is 270 g/mol. The summed E-state index contributed by atoms with van der Waals surface area (Å²) in [5, 5.41) is 8.87. The lowest BCUT2D eigenvalue weighted by Crippen LogP contribution is -2.33. The van der Waals surface area contributed by atoms with Crippen molar-refractivity contribution < 1.29 is 9.90 Å². The number of aliphatic hydroxyl groups is 1. The molecular weight excluding hydrogens is 260 g/mol. The molecule has 0 bridgehead atoms. The van der Waals surface area contributed by atoms with Gasteiger partial charge in [-0.25, -0.2) is 0 Å². The van der Waals surface area contributed by atoms with E-state index >= 15 is 0 Å². The summed E-state index contributed by atoms with van der Waals surface area (Å²) in [5.74, 6) is -0.155. The number of hydrogen-bond acceptors (Lipinski definition) is 3. The fourth-order valence-corrected chi connectivity index (χ4v) is 2.15. The van der Waals surface area contributed by atoms with Crippen LogP contribution in [0.2, 0.25) is 0 Å². The van der Waals surface area contributed by atoms with Crippen LogP contribution in [0, 0.1) is 0 Å². The zero-order chi connectivity index (χ0) is 11.0. The minimum atomic E-state index is -0.607. The van der Waals surface area contributed by atoms with Crippen molar-refractivity contribution in [1.82, 2.24) is 0 Å². The molecule has 0 saturated carbocycles. The molecule has 2 rings (SSSR count). The standard InChI is InChI=1S/C10H11BrN2O2/c11-6-1-2-8-7(5-6)9(12)10(15)13(8)3-4-14/h1-2,5,9,14H,3-4,12H2. The number of rotatable bonds is 2. The van der Waals surface area contributed by atoms with Gasteiger partial charge in [-0.05, 0) is 18.2 Å². The highest BCUT2D eigenvalue weighted by atomic mass is 79.9. The lowest BCUT2D eigenvalue weighted by Gasteiger charge is -2.15. The molecule has 0 fully saturated rings. The molecule has 0 spiro atoms. The third-order valence-corrected chi connectivity index (χ3v) is 2.96. The number of β-amino-alcohol motifs (C(OH)–C–C–N with tert-alkyl or cyclic N) is 1. The van der Waals surface area contributed by atoms with Crippen molar-refractivity contribution in [3.05, 3.63) is 28.2 Å². The number of aliphatic hydroxyl groups excluding tert-OH is 1. The van der Waals surface area contributed by atoms with E-state index in [1.54, 1.807) is 0 Å². The minimum absolute atomic E-state index is 0.0615. The summed E-state index contributed by atoms with van der Waals surface area (Å²) in [7, 11) is 0. The minimum Gasteiger partial charge on any atom is -0.395 e. The van der Waals surface area contributed by atoms with Crippen LogP contribution in [0.15, 0.2) is 22.7 Å². The Morgan fingerprint density at radius 2 is 2.27 bits per heavy atom. The summed E-state index contributed by atoms with van der Waals surface area (Å²) >= 11 is 3.34. The quantitative estimate of drug-likeness (QED) is 0.835. The maximum atomic E-state index is 11.7. The Labute approximate surface area is 95.8 Å². The molecule has 3 N–H and O–H groups in total. The van der Waals surface area contributed by atoms with Gasteiger partial charge in [0, 0.05) is 22.3 Å². The second-order valence-corrected chi connectivity index (χ2v) is 4.31. The van der Waals surface area contributed by atoms with Crippen LogP contribution in [0.3, 0.4) is 0 Å². The Hall–Kier alpha value is -0.910. The molecule has 1 unspecified atom stereocenters. The predicted octanol–water partition coefficient (Wildman–Crippen LogP) is 0.788. The molecule has 0 aromatic heterocycles. The summed E-state index contributed by atoms with van der Waals surface area (Å²) < 4.78 is 0.898. The van der Waals surface area contributed by atoms with Gasteiger partial charge in [-0.1, -0.05) is 15.9 Å². The molecule has 1 aliphatic rings. The lowest BCUT2D eigenvalue weighted by molar-refractivity contribution is -0.119. The molecule has 0 saturated heterocycles. The third-order valence-electron chi connectivity index (χ3n) is 2.47. The van der Waals surface area contributed by atoms with Gasteiger partial charge >= 0.3 is 0 Å². The number of halogens is 1. The molecule has 4 nitrogen and oxygen atoms in total. The van der Waals surface area contributed by atoms with Crippen molar-refractivity contribution in [1.29, 1.82) is 0 Å². The molecule has 1 amide bonds. The SMILES string of the molecule is NC1C(=O)N(CCO)c2ccc(Br)cc21. The zero-order valence-corrected chi connectivity index (χ0v) is 9.57. The fraction of sp³-hybridized carbons (Fsp3) is 0.300. The van der Waals surface area contributed by atoms with E-state index in [9.17, 15) is 4.79 Å². The van der Waals surface area contributed by atoms with Gasteiger partial charge in [0.05, 0.1) is 6.61 Å². The topological polar surface area (TPSA) is 66.6 Å². The second kappa shape index (κ2) is 3.92. The largest absolute Gasteiger partial charge is 0.395 e. The van der Waals surface area contributed by atoms with Gasteiger partial charge in [-0.2, -0.15) is 0 Å². The number of benzene rings is 1. The maximum absolute atomic E-state index is 11.7. The number of nitrogens with zero attached hydrogens (tertiary/aromatic N) is 1. The average Bonchev–Trinajstić information content (AvgIpc) is 2.44. The number of anilines is 1. The van der Waals surface area contributed by atoms with Crippen LogP contribution < -0.4 is 10.6 Å². The van der Waals surface area contributed by atoms with Gasteiger partial charge in [-0.3, -0.25) is 4.79 Å². The second-order valence-electron chi connectivity index (χ2n) is 3.39. The predicted molar refractivity (Wildman–Crippen MR) is 60.5 cm³/mol. The van der Waals surface area contributed by atoms with Crippen molar-refractivity contribution in [3.63, 3.8) is 0 Å². The van der Waals surface area contributed by atoms with Crippen LogP contribution in [0.5, 0.6) is 0 Å². The number of nitrogens with two attached hydrogens (primary N) is 1. The summed E-state index contributed by atoms with van der Waals surface area (Å²) in [6.45, 7) is 0.231. The van der Waals surface area contributed by atoms with Crippen LogP contribution in [0.25, 0.3) is 0 Å². The highest BCUT2D eigenvalue weighted by Crippen LogP contribution is 2.35. The van der Waals surface area contributed by atoms with Crippen LogP contribution in [0.1, 0.15) is 11.6 Å². The fourth-order valence-electron chi connectivity index (χ4n) is 1.77. The average molecular weight is 271 g/mol. The Morgan fingerprint density at radius 1 is 1.53 bits per heavy atom. The first kappa shape index (κ1) is 10.6. The van der Waals surface area contributed by atoms with E-state index in [1.165, 1.54) is 4.90 Å². The Balaban J connectivity index is 2.46. The van der Waals surface area contributed by atoms with Gasteiger partial charge < -0.3 is 15.7 Å². The normalized spacial score (nSPS) is 19.5.